The first kappa shape index (κ1) is 13.1. The van der Waals surface area contributed by atoms with Crippen molar-refractivity contribution in [1.82, 2.24) is 5.32 Å². The zero-order valence-electron chi connectivity index (χ0n) is 10.7. The van der Waals surface area contributed by atoms with Gasteiger partial charge in [-0.1, -0.05) is 19.3 Å². The van der Waals surface area contributed by atoms with Crippen LogP contribution in [0.15, 0.2) is 12.1 Å². The highest BCUT2D eigenvalue weighted by atomic mass is 32.1. The third-order valence-corrected chi connectivity index (χ3v) is 4.58. The van der Waals surface area contributed by atoms with Crippen molar-refractivity contribution in [2.45, 2.75) is 45.6 Å². The van der Waals surface area contributed by atoms with Crippen LogP contribution in [-0.2, 0) is 11.3 Å². The Morgan fingerprint density at radius 1 is 1.44 bits per heavy atom. The molecule has 2 rings (SSSR count). The zero-order valence-corrected chi connectivity index (χ0v) is 11.5. The largest absolute Gasteiger partial charge is 0.350 e. The average Bonchev–Trinajstić information content (AvgIpc) is 2.82. The molecule has 18 heavy (non-hydrogen) atoms. The van der Waals surface area contributed by atoms with Gasteiger partial charge in [0.1, 0.15) is 5.41 Å². The van der Waals surface area contributed by atoms with Crippen LogP contribution < -0.4 is 5.32 Å². The van der Waals surface area contributed by atoms with Gasteiger partial charge in [-0.2, -0.15) is 5.26 Å². The van der Waals surface area contributed by atoms with Crippen molar-refractivity contribution in [2.24, 2.45) is 5.41 Å². The molecule has 1 aromatic rings. The van der Waals surface area contributed by atoms with Crippen LogP contribution in [0.4, 0.5) is 0 Å². The fraction of sp³-hybridized carbons (Fsp3) is 0.571. The summed E-state index contributed by atoms with van der Waals surface area (Å²) in [5, 5.41) is 12.2. The minimum Gasteiger partial charge on any atom is -0.350 e. The Bertz CT molecular complexity index is 466. The van der Waals surface area contributed by atoms with E-state index < -0.39 is 5.41 Å². The lowest BCUT2D eigenvalue weighted by atomic mass is 9.74. The maximum Gasteiger partial charge on any atom is 0.240 e. The van der Waals surface area contributed by atoms with Crippen LogP contribution in [0.5, 0.6) is 0 Å². The second-order valence-corrected chi connectivity index (χ2v) is 6.32. The molecule has 3 nitrogen and oxygen atoms in total. The lowest BCUT2D eigenvalue weighted by Crippen LogP contribution is -2.41. The predicted octanol–water partition coefficient (Wildman–Crippen LogP) is 3.15. The Morgan fingerprint density at radius 3 is 2.72 bits per heavy atom. The number of nitrogens with one attached hydrogen (secondary N) is 1. The number of nitrogens with zero attached hydrogens (tertiary/aromatic N) is 1. The highest BCUT2D eigenvalue weighted by Crippen LogP contribution is 2.35. The van der Waals surface area contributed by atoms with Crippen molar-refractivity contribution < 1.29 is 4.79 Å². The van der Waals surface area contributed by atoms with Crippen molar-refractivity contribution in [3.05, 3.63) is 21.9 Å². The Hall–Kier alpha value is -1.34. The summed E-state index contributed by atoms with van der Waals surface area (Å²) < 4.78 is 0. The molecule has 0 unspecified atom stereocenters. The first-order valence-electron chi connectivity index (χ1n) is 6.41. The molecule has 0 aromatic carbocycles. The number of amides is 1. The van der Waals surface area contributed by atoms with E-state index >= 15 is 0 Å². The van der Waals surface area contributed by atoms with Crippen molar-refractivity contribution >= 4 is 17.2 Å². The summed E-state index contributed by atoms with van der Waals surface area (Å²) in [7, 11) is 0. The van der Waals surface area contributed by atoms with Crippen molar-refractivity contribution in [2.75, 3.05) is 0 Å². The van der Waals surface area contributed by atoms with E-state index in [0.717, 1.165) is 24.1 Å². The van der Waals surface area contributed by atoms with Gasteiger partial charge in [-0.05, 0) is 31.9 Å². The second-order valence-electron chi connectivity index (χ2n) is 4.95. The van der Waals surface area contributed by atoms with E-state index in [1.54, 1.807) is 11.3 Å². The van der Waals surface area contributed by atoms with Crippen LogP contribution in [0.25, 0.3) is 0 Å². The Balaban J connectivity index is 1.96. The molecular weight excluding hydrogens is 244 g/mol. The van der Waals surface area contributed by atoms with Crippen LogP contribution in [0.1, 0.15) is 41.9 Å². The number of carbonyl (C=O) groups is 1. The molecule has 1 N–H and O–H groups in total. The summed E-state index contributed by atoms with van der Waals surface area (Å²) in [4.78, 5) is 14.6. The van der Waals surface area contributed by atoms with Crippen molar-refractivity contribution in [3.8, 4) is 6.07 Å². The number of thiophene rings is 1. The molecule has 1 aliphatic rings. The molecule has 1 fully saturated rings. The minimum atomic E-state index is -0.773. The number of aryl methyl sites for hydroxylation is 1. The molecule has 0 saturated heterocycles. The Labute approximate surface area is 112 Å². The number of rotatable bonds is 3. The molecule has 1 heterocycles. The fourth-order valence-corrected chi connectivity index (χ4v) is 3.29. The third-order valence-electron chi connectivity index (χ3n) is 3.57. The van der Waals surface area contributed by atoms with Gasteiger partial charge in [0.05, 0.1) is 12.6 Å². The smallest absolute Gasteiger partial charge is 0.240 e. The quantitative estimate of drug-likeness (QED) is 0.909. The summed E-state index contributed by atoms with van der Waals surface area (Å²) in [5.41, 5.74) is -0.773. The van der Waals surface area contributed by atoms with Crippen LogP contribution in [0.2, 0.25) is 0 Å². The van der Waals surface area contributed by atoms with E-state index in [2.05, 4.69) is 11.4 Å². The molecule has 4 heteroatoms. The van der Waals surface area contributed by atoms with Crippen molar-refractivity contribution in [3.63, 3.8) is 0 Å². The van der Waals surface area contributed by atoms with E-state index in [-0.39, 0.29) is 5.91 Å². The van der Waals surface area contributed by atoms with Gasteiger partial charge in [0, 0.05) is 9.75 Å². The molecule has 1 aromatic heterocycles. The first-order valence-corrected chi connectivity index (χ1v) is 7.23. The van der Waals surface area contributed by atoms with Gasteiger partial charge in [0.2, 0.25) is 5.91 Å². The normalized spacial score (nSPS) is 18.0. The zero-order chi connectivity index (χ0) is 13.0. The molecule has 0 bridgehead atoms. The number of carbonyl (C=O) groups excluding carboxylic acids is 1. The van der Waals surface area contributed by atoms with Gasteiger partial charge >= 0.3 is 0 Å². The van der Waals surface area contributed by atoms with Gasteiger partial charge in [0.15, 0.2) is 0 Å². The summed E-state index contributed by atoms with van der Waals surface area (Å²) in [6.07, 6.45) is 4.52. The molecule has 0 aliphatic heterocycles. The van der Waals surface area contributed by atoms with E-state index in [9.17, 15) is 10.1 Å². The van der Waals surface area contributed by atoms with E-state index in [1.165, 1.54) is 4.88 Å². The fourth-order valence-electron chi connectivity index (χ4n) is 2.46. The van der Waals surface area contributed by atoms with Gasteiger partial charge < -0.3 is 5.32 Å². The molecule has 96 valence electrons. The molecule has 0 spiro atoms. The summed E-state index contributed by atoms with van der Waals surface area (Å²) in [5.74, 6) is -0.0873. The molecule has 0 atom stereocenters. The van der Waals surface area contributed by atoms with Crippen molar-refractivity contribution in [1.29, 1.82) is 5.26 Å². The maximum absolute atomic E-state index is 12.2. The average molecular weight is 262 g/mol. The topological polar surface area (TPSA) is 52.9 Å². The monoisotopic (exact) mass is 262 g/mol. The van der Waals surface area contributed by atoms with Gasteiger partial charge in [-0.25, -0.2) is 0 Å². The predicted molar refractivity (Wildman–Crippen MR) is 72.0 cm³/mol. The molecule has 0 radical (unpaired) electrons. The number of nitriles is 1. The lowest BCUT2D eigenvalue weighted by molar-refractivity contribution is -0.129. The van der Waals surface area contributed by atoms with Gasteiger partial charge in [-0.15, -0.1) is 11.3 Å². The number of hydrogen-bond donors (Lipinski definition) is 1. The Morgan fingerprint density at radius 2 is 2.17 bits per heavy atom. The first-order chi connectivity index (χ1) is 8.66. The molecular formula is C14H18N2OS. The molecule has 1 amide bonds. The molecule has 1 aliphatic carbocycles. The standard InChI is InChI=1S/C14H18N2OS/c1-11-5-6-12(18-11)9-16-13(17)14(10-15)7-3-2-4-8-14/h5-6H,2-4,7-9H2,1H3,(H,16,17). The number of hydrogen-bond acceptors (Lipinski definition) is 3. The minimum absolute atomic E-state index is 0.0873. The van der Waals surface area contributed by atoms with Crippen LogP contribution in [0.3, 0.4) is 0 Å². The van der Waals surface area contributed by atoms with Gasteiger partial charge in [-0.3, -0.25) is 4.79 Å². The van der Waals surface area contributed by atoms with Crippen LogP contribution >= 0.6 is 11.3 Å². The summed E-state index contributed by atoms with van der Waals surface area (Å²) >= 11 is 1.69. The molecule has 1 saturated carbocycles. The van der Waals surface area contributed by atoms with Crippen LogP contribution in [-0.4, -0.2) is 5.91 Å². The second kappa shape index (κ2) is 5.53. The van der Waals surface area contributed by atoms with E-state index in [0.29, 0.717) is 19.4 Å². The lowest BCUT2D eigenvalue weighted by Gasteiger charge is -2.29. The van der Waals surface area contributed by atoms with Gasteiger partial charge in [0.25, 0.3) is 0 Å². The third kappa shape index (κ3) is 2.73. The van der Waals surface area contributed by atoms with E-state index in [4.69, 9.17) is 0 Å². The summed E-state index contributed by atoms with van der Waals surface area (Å²) in [6.45, 7) is 2.59. The van der Waals surface area contributed by atoms with E-state index in [1.807, 2.05) is 19.1 Å². The van der Waals surface area contributed by atoms with Crippen LogP contribution in [0, 0.1) is 23.7 Å². The summed E-state index contributed by atoms with van der Waals surface area (Å²) in [6, 6.07) is 6.33. The highest BCUT2D eigenvalue weighted by Gasteiger charge is 2.39. The Kier molecular flexibility index (Phi) is 4.03. The maximum atomic E-state index is 12.2. The SMILES string of the molecule is Cc1ccc(CNC(=O)C2(C#N)CCCCC2)s1. The highest BCUT2D eigenvalue weighted by molar-refractivity contribution is 7.11.